The van der Waals surface area contributed by atoms with Gasteiger partial charge < -0.3 is 11.1 Å². The minimum atomic E-state index is 0.132. The van der Waals surface area contributed by atoms with E-state index in [9.17, 15) is 4.79 Å². The SMILES string of the molecule is Cc1ccc(SC2(CNC(=O)C3CCC(N)C3)CCCC2)cc1. The first-order valence-electron chi connectivity index (χ1n) is 8.85. The van der Waals surface area contributed by atoms with Crippen molar-refractivity contribution < 1.29 is 4.79 Å². The Balaban J connectivity index is 1.59. The average Bonchev–Trinajstić information content (AvgIpc) is 3.17. The van der Waals surface area contributed by atoms with E-state index in [2.05, 4.69) is 36.5 Å². The van der Waals surface area contributed by atoms with E-state index in [1.807, 2.05) is 11.8 Å². The molecule has 4 heteroatoms. The van der Waals surface area contributed by atoms with Crippen LogP contribution in [0, 0.1) is 12.8 Å². The lowest BCUT2D eigenvalue weighted by molar-refractivity contribution is -0.124. The molecular formula is C19H28N2OS. The van der Waals surface area contributed by atoms with Gasteiger partial charge in [0.25, 0.3) is 0 Å². The van der Waals surface area contributed by atoms with Crippen LogP contribution in [0.4, 0.5) is 0 Å². The summed E-state index contributed by atoms with van der Waals surface area (Å²) in [6.45, 7) is 2.91. The van der Waals surface area contributed by atoms with Gasteiger partial charge in [-0.05, 0) is 51.2 Å². The molecule has 2 aliphatic carbocycles. The number of hydrogen-bond donors (Lipinski definition) is 2. The first-order valence-corrected chi connectivity index (χ1v) is 9.67. The van der Waals surface area contributed by atoms with Crippen molar-refractivity contribution in [3.63, 3.8) is 0 Å². The normalized spacial score (nSPS) is 26.3. The Kier molecular flexibility index (Phi) is 5.32. The zero-order chi connectivity index (χ0) is 16.3. The number of aryl methyl sites for hydroxylation is 1. The maximum Gasteiger partial charge on any atom is 0.223 e. The van der Waals surface area contributed by atoms with Crippen molar-refractivity contribution in [2.45, 2.75) is 67.6 Å². The fraction of sp³-hybridized carbons (Fsp3) is 0.632. The predicted molar refractivity (Wildman–Crippen MR) is 96.6 cm³/mol. The number of carbonyl (C=O) groups is 1. The van der Waals surface area contributed by atoms with Crippen LogP contribution in [0.1, 0.15) is 50.5 Å². The maximum absolute atomic E-state index is 12.4. The first kappa shape index (κ1) is 16.8. The molecule has 3 nitrogen and oxygen atoms in total. The van der Waals surface area contributed by atoms with Crippen LogP contribution in [0.3, 0.4) is 0 Å². The summed E-state index contributed by atoms with van der Waals surface area (Å²) in [6.07, 6.45) is 7.70. The van der Waals surface area contributed by atoms with Crippen molar-refractivity contribution in [2.75, 3.05) is 6.54 Å². The Hall–Kier alpha value is -1.00. The number of hydrogen-bond acceptors (Lipinski definition) is 3. The van der Waals surface area contributed by atoms with Gasteiger partial charge >= 0.3 is 0 Å². The molecule has 1 amide bonds. The van der Waals surface area contributed by atoms with E-state index >= 15 is 0 Å². The van der Waals surface area contributed by atoms with Crippen molar-refractivity contribution in [1.82, 2.24) is 5.32 Å². The molecule has 2 saturated carbocycles. The number of amides is 1. The van der Waals surface area contributed by atoms with Crippen molar-refractivity contribution in [2.24, 2.45) is 11.7 Å². The van der Waals surface area contributed by atoms with Gasteiger partial charge in [0.15, 0.2) is 0 Å². The van der Waals surface area contributed by atoms with Gasteiger partial charge in [-0.3, -0.25) is 4.79 Å². The molecule has 1 aromatic rings. The van der Waals surface area contributed by atoms with Crippen LogP contribution in [0.5, 0.6) is 0 Å². The van der Waals surface area contributed by atoms with Crippen LogP contribution in [0.25, 0.3) is 0 Å². The molecule has 0 aromatic heterocycles. The molecule has 2 aliphatic rings. The second kappa shape index (κ2) is 7.27. The quantitative estimate of drug-likeness (QED) is 0.865. The summed E-state index contributed by atoms with van der Waals surface area (Å²) in [5, 5.41) is 3.24. The Morgan fingerprint density at radius 1 is 1.26 bits per heavy atom. The lowest BCUT2D eigenvalue weighted by atomic mass is 10.0. The number of nitrogens with two attached hydrogens (primary N) is 1. The summed E-state index contributed by atoms with van der Waals surface area (Å²) in [5.74, 6) is 0.349. The summed E-state index contributed by atoms with van der Waals surface area (Å²) in [4.78, 5) is 13.7. The molecule has 23 heavy (non-hydrogen) atoms. The molecule has 0 saturated heterocycles. The van der Waals surface area contributed by atoms with Crippen molar-refractivity contribution in [3.05, 3.63) is 29.8 Å². The highest BCUT2D eigenvalue weighted by Gasteiger charge is 2.36. The molecule has 0 aliphatic heterocycles. The second-order valence-electron chi connectivity index (χ2n) is 7.29. The van der Waals surface area contributed by atoms with Crippen LogP contribution >= 0.6 is 11.8 Å². The Morgan fingerprint density at radius 3 is 2.57 bits per heavy atom. The van der Waals surface area contributed by atoms with E-state index in [0.29, 0.717) is 0 Å². The van der Waals surface area contributed by atoms with Gasteiger partial charge in [0.1, 0.15) is 0 Å². The highest BCUT2D eigenvalue weighted by molar-refractivity contribution is 8.00. The maximum atomic E-state index is 12.4. The molecule has 0 radical (unpaired) electrons. The highest BCUT2D eigenvalue weighted by Crippen LogP contribution is 2.45. The van der Waals surface area contributed by atoms with Crippen LogP contribution in [0.2, 0.25) is 0 Å². The molecular weight excluding hydrogens is 304 g/mol. The molecule has 0 heterocycles. The van der Waals surface area contributed by atoms with E-state index in [1.165, 1.54) is 36.1 Å². The topological polar surface area (TPSA) is 55.1 Å². The van der Waals surface area contributed by atoms with E-state index in [-0.39, 0.29) is 22.6 Å². The lowest BCUT2D eigenvalue weighted by Gasteiger charge is -2.29. The van der Waals surface area contributed by atoms with Gasteiger partial charge in [0.05, 0.1) is 0 Å². The summed E-state index contributed by atoms with van der Waals surface area (Å²) in [6, 6.07) is 8.97. The Bertz CT molecular complexity index is 537. The lowest BCUT2D eigenvalue weighted by Crippen LogP contribution is -2.41. The molecule has 1 aromatic carbocycles. The zero-order valence-electron chi connectivity index (χ0n) is 14.0. The summed E-state index contributed by atoms with van der Waals surface area (Å²) >= 11 is 1.95. The smallest absolute Gasteiger partial charge is 0.223 e. The summed E-state index contributed by atoms with van der Waals surface area (Å²) < 4.78 is 0.172. The number of thioether (sulfide) groups is 1. The van der Waals surface area contributed by atoms with Gasteiger partial charge in [0, 0.05) is 28.1 Å². The zero-order valence-corrected chi connectivity index (χ0v) is 14.8. The molecule has 2 atom stereocenters. The van der Waals surface area contributed by atoms with Crippen molar-refractivity contribution >= 4 is 17.7 Å². The van der Waals surface area contributed by atoms with Crippen molar-refractivity contribution in [3.8, 4) is 0 Å². The highest BCUT2D eigenvalue weighted by atomic mass is 32.2. The second-order valence-corrected chi connectivity index (χ2v) is 8.83. The van der Waals surface area contributed by atoms with Crippen LogP contribution in [-0.2, 0) is 4.79 Å². The molecule has 126 valence electrons. The number of benzene rings is 1. The molecule has 0 spiro atoms. The monoisotopic (exact) mass is 332 g/mol. The fourth-order valence-electron chi connectivity index (χ4n) is 3.84. The Labute approximate surface area is 143 Å². The van der Waals surface area contributed by atoms with Gasteiger partial charge in [-0.2, -0.15) is 0 Å². The third-order valence-corrected chi connectivity index (χ3v) is 6.79. The largest absolute Gasteiger partial charge is 0.354 e. The van der Waals surface area contributed by atoms with E-state index in [1.54, 1.807) is 0 Å². The standard InChI is InChI=1S/C19H28N2OS/c1-14-4-8-17(9-5-14)23-19(10-2-3-11-19)13-21-18(22)15-6-7-16(20)12-15/h4-5,8-9,15-16H,2-3,6-7,10-13,20H2,1H3,(H,21,22). The average molecular weight is 333 g/mol. The van der Waals surface area contributed by atoms with Crippen molar-refractivity contribution in [1.29, 1.82) is 0 Å². The van der Waals surface area contributed by atoms with Gasteiger partial charge in [-0.25, -0.2) is 0 Å². The van der Waals surface area contributed by atoms with E-state index in [0.717, 1.165) is 25.8 Å². The number of nitrogens with one attached hydrogen (secondary N) is 1. The van der Waals surface area contributed by atoms with Gasteiger partial charge in [0.2, 0.25) is 5.91 Å². The minimum Gasteiger partial charge on any atom is -0.354 e. The molecule has 3 rings (SSSR count). The van der Waals surface area contributed by atoms with Gasteiger partial charge in [-0.1, -0.05) is 30.5 Å². The van der Waals surface area contributed by atoms with Crippen LogP contribution in [0.15, 0.2) is 29.2 Å². The molecule has 2 unspecified atom stereocenters. The van der Waals surface area contributed by atoms with Gasteiger partial charge in [-0.15, -0.1) is 11.8 Å². The number of rotatable bonds is 5. The summed E-state index contributed by atoms with van der Waals surface area (Å²) in [7, 11) is 0. The van der Waals surface area contributed by atoms with Crippen LogP contribution < -0.4 is 11.1 Å². The third kappa shape index (κ3) is 4.30. The Morgan fingerprint density at radius 2 is 1.96 bits per heavy atom. The summed E-state index contributed by atoms with van der Waals surface area (Å²) in [5.41, 5.74) is 7.23. The third-order valence-electron chi connectivity index (χ3n) is 5.30. The fourth-order valence-corrected chi connectivity index (χ4v) is 5.25. The minimum absolute atomic E-state index is 0.132. The molecule has 2 fully saturated rings. The van der Waals surface area contributed by atoms with Crippen LogP contribution in [-0.4, -0.2) is 23.2 Å². The molecule has 3 N–H and O–H groups in total. The number of carbonyl (C=O) groups excluding carboxylic acids is 1. The predicted octanol–water partition coefficient (Wildman–Crippen LogP) is 3.64. The molecule has 0 bridgehead atoms. The van der Waals surface area contributed by atoms with E-state index in [4.69, 9.17) is 5.73 Å². The first-order chi connectivity index (χ1) is 11.1. The van der Waals surface area contributed by atoms with E-state index < -0.39 is 0 Å².